The van der Waals surface area contributed by atoms with E-state index < -0.39 is 0 Å². The zero-order chi connectivity index (χ0) is 22.2. The third-order valence-corrected chi connectivity index (χ3v) is 5.24. The lowest BCUT2D eigenvalue weighted by molar-refractivity contribution is -0.153. The van der Waals surface area contributed by atoms with Crippen molar-refractivity contribution >= 4 is 11.9 Å². The van der Waals surface area contributed by atoms with Gasteiger partial charge in [0.1, 0.15) is 18.2 Å². The molecule has 6 heteroatoms. The van der Waals surface area contributed by atoms with Crippen molar-refractivity contribution in [1.29, 1.82) is 0 Å². The Kier molecular flexibility index (Phi) is 10.6. The molecule has 6 nitrogen and oxygen atoms in total. The van der Waals surface area contributed by atoms with Gasteiger partial charge in [0.2, 0.25) is 0 Å². The highest BCUT2D eigenvalue weighted by Gasteiger charge is 2.28. The number of carbonyl (C=O) groups is 2. The van der Waals surface area contributed by atoms with Gasteiger partial charge in [-0.25, -0.2) is 0 Å². The minimum Gasteiger partial charge on any atom is -0.464 e. The third kappa shape index (κ3) is 11.0. The van der Waals surface area contributed by atoms with Gasteiger partial charge in [-0.15, -0.1) is 0 Å². The Morgan fingerprint density at radius 2 is 1.45 bits per heavy atom. The molecular formula is C23H44N2O4. The number of esters is 2. The molecule has 2 N–H and O–H groups in total. The van der Waals surface area contributed by atoms with Crippen LogP contribution in [-0.2, 0) is 19.1 Å². The molecule has 1 aliphatic carbocycles. The Labute approximate surface area is 177 Å². The number of hydrogen-bond acceptors (Lipinski definition) is 6. The summed E-state index contributed by atoms with van der Waals surface area (Å²) < 4.78 is 11.1. The SMILES string of the molecule is CC(C)NC(C)C(=O)OC1CCC(CC(C)N[C@@H](C)C(=O)OCC(C)(C)C)CC1. The lowest BCUT2D eigenvalue weighted by atomic mass is 9.83. The van der Waals surface area contributed by atoms with E-state index in [-0.39, 0.29) is 47.6 Å². The van der Waals surface area contributed by atoms with Crippen LogP contribution in [-0.4, -0.2) is 48.8 Å². The summed E-state index contributed by atoms with van der Waals surface area (Å²) >= 11 is 0. The Balaban J connectivity index is 2.30. The van der Waals surface area contributed by atoms with Crippen LogP contribution < -0.4 is 10.6 Å². The maximum Gasteiger partial charge on any atom is 0.323 e. The van der Waals surface area contributed by atoms with E-state index >= 15 is 0 Å². The molecule has 170 valence electrons. The summed E-state index contributed by atoms with van der Waals surface area (Å²) in [6, 6.07) is -0.0713. The number of hydrogen-bond donors (Lipinski definition) is 2. The van der Waals surface area contributed by atoms with Crippen LogP contribution >= 0.6 is 0 Å². The maximum atomic E-state index is 12.2. The molecule has 0 amide bonds. The van der Waals surface area contributed by atoms with E-state index in [0.717, 1.165) is 32.1 Å². The van der Waals surface area contributed by atoms with E-state index in [9.17, 15) is 9.59 Å². The molecule has 1 saturated carbocycles. The molecule has 0 spiro atoms. The lowest BCUT2D eigenvalue weighted by Gasteiger charge is -2.31. The molecule has 1 fully saturated rings. The first-order valence-electron chi connectivity index (χ1n) is 11.3. The van der Waals surface area contributed by atoms with Gasteiger partial charge in [0.05, 0.1) is 6.61 Å². The van der Waals surface area contributed by atoms with Crippen LogP contribution in [0.4, 0.5) is 0 Å². The molecule has 29 heavy (non-hydrogen) atoms. The Hall–Kier alpha value is -1.14. The van der Waals surface area contributed by atoms with Gasteiger partial charge in [-0.05, 0) is 64.2 Å². The quantitative estimate of drug-likeness (QED) is 0.531. The molecule has 0 aromatic carbocycles. The fourth-order valence-corrected chi connectivity index (χ4v) is 3.80. The number of nitrogens with one attached hydrogen (secondary N) is 2. The largest absolute Gasteiger partial charge is 0.464 e. The third-order valence-electron chi connectivity index (χ3n) is 5.24. The molecule has 0 aliphatic heterocycles. The van der Waals surface area contributed by atoms with Gasteiger partial charge >= 0.3 is 11.9 Å². The molecule has 2 unspecified atom stereocenters. The van der Waals surface area contributed by atoms with Crippen molar-refractivity contribution in [3.8, 4) is 0 Å². The van der Waals surface area contributed by atoms with E-state index in [0.29, 0.717) is 12.5 Å². The zero-order valence-corrected chi connectivity index (χ0v) is 19.8. The molecule has 1 rings (SSSR count). The van der Waals surface area contributed by atoms with E-state index in [1.165, 1.54) is 0 Å². The fraction of sp³-hybridized carbons (Fsp3) is 0.913. The minimum absolute atomic E-state index is 0.0221. The molecule has 0 aromatic rings. The molecule has 0 radical (unpaired) electrons. The van der Waals surface area contributed by atoms with Crippen LogP contribution in [0.3, 0.4) is 0 Å². The minimum atomic E-state index is -0.306. The van der Waals surface area contributed by atoms with Gasteiger partial charge in [0, 0.05) is 12.1 Å². The maximum absolute atomic E-state index is 12.2. The summed E-state index contributed by atoms with van der Waals surface area (Å²) in [4.78, 5) is 24.3. The highest BCUT2D eigenvalue weighted by Crippen LogP contribution is 2.29. The van der Waals surface area contributed by atoms with Crippen molar-refractivity contribution in [3.05, 3.63) is 0 Å². The van der Waals surface area contributed by atoms with Crippen molar-refractivity contribution in [2.75, 3.05) is 6.61 Å². The van der Waals surface area contributed by atoms with Crippen LogP contribution in [0, 0.1) is 11.3 Å². The van der Waals surface area contributed by atoms with Gasteiger partial charge in [-0.2, -0.15) is 0 Å². The van der Waals surface area contributed by atoms with Crippen molar-refractivity contribution < 1.29 is 19.1 Å². The van der Waals surface area contributed by atoms with Crippen molar-refractivity contribution in [2.45, 2.75) is 118 Å². The molecule has 1 aliphatic rings. The zero-order valence-electron chi connectivity index (χ0n) is 19.8. The average Bonchev–Trinajstić information content (AvgIpc) is 2.59. The summed E-state index contributed by atoms with van der Waals surface area (Å²) in [6.45, 7) is 16.5. The second-order valence-corrected chi connectivity index (χ2v) is 10.3. The second-order valence-electron chi connectivity index (χ2n) is 10.3. The summed E-state index contributed by atoms with van der Waals surface area (Å²) in [5.74, 6) is 0.253. The highest BCUT2D eigenvalue weighted by atomic mass is 16.5. The van der Waals surface area contributed by atoms with E-state index in [2.05, 4.69) is 38.3 Å². The van der Waals surface area contributed by atoms with Crippen LogP contribution in [0.15, 0.2) is 0 Å². The van der Waals surface area contributed by atoms with Crippen LogP contribution in [0.5, 0.6) is 0 Å². The Morgan fingerprint density at radius 1 is 0.897 bits per heavy atom. The van der Waals surface area contributed by atoms with Crippen LogP contribution in [0.1, 0.15) is 87.5 Å². The van der Waals surface area contributed by atoms with Gasteiger partial charge in [-0.3, -0.25) is 9.59 Å². The number of ether oxygens (including phenoxy) is 2. The molecule has 0 saturated heterocycles. The first-order valence-corrected chi connectivity index (χ1v) is 11.3. The number of carbonyl (C=O) groups excluding carboxylic acids is 2. The molecule has 0 heterocycles. The predicted molar refractivity (Wildman–Crippen MR) is 117 cm³/mol. The summed E-state index contributed by atoms with van der Waals surface area (Å²) in [5.41, 5.74) is -0.0221. The van der Waals surface area contributed by atoms with Gasteiger partial charge in [-0.1, -0.05) is 34.6 Å². The van der Waals surface area contributed by atoms with E-state index in [1.807, 2.05) is 27.7 Å². The molecular weight excluding hydrogens is 368 g/mol. The summed E-state index contributed by atoms with van der Waals surface area (Å²) in [7, 11) is 0. The average molecular weight is 413 g/mol. The normalized spacial score (nSPS) is 23.3. The Morgan fingerprint density at radius 3 is 1.97 bits per heavy atom. The first-order chi connectivity index (χ1) is 13.4. The standard InChI is InChI=1S/C23H44N2O4/c1-15(2)24-18(5)22(27)29-20-11-9-19(10-12-20)13-16(3)25-17(4)21(26)28-14-23(6,7)8/h15-20,24-25H,9-14H2,1-8H3/t16?,17-,18?,19?,20?/m0/s1. The van der Waals surface area contributed by atoms with E-state index in [1.54, 1.807) is 0 Å². The molecule has 0 aromatic heterocycles. The fourth-order valence-electron chi connectivity index (χ4n) is 3.80. The molecule has 0 bridgehead atoms. The topological polar surface area (TPSA) is 76.7 Å². The smallest absolute Gasteiger partial charge is 0.323 e. The van der Waals surface area contributed by atoms with Crippen molar-refractivity contribution in [1.82, 2.24) is 10.6 Å². The number of rotatable bonds is 10. The second kappa shape index (κ2) is 11.9. The monoisotopic (exact) mass is 412 g/mol. The van der Waals surface area contributed by atoms with E-state index in [4.69, 9.17) is 9.47 Å². The van der Waals surface area contributed by atoms with Gasteiger partial charge in [0.15, 0.2) is 0 Å². The highest BCUT2D eigenvalue weighted by molar-refractivity contribution is 5.75. The van der Waals surface area contributed by atoms with Gasteiger partial charge < -0.3 is 20.1 Å². The summed E-state index contributed by atoms with van der Waals surface area (Å²) in [6.07, 6.45) is 4.99. The van der Waals surface area contributed by atoms with Crippen molar-refractivity contribution in [3.63, 3.8) is 0 Å². The predicted octanol–water partition coefficient (Wildman–Crippen LogP) is 3.82. The summed E-state index contributed by atoms with van der Waals surface area (Å²) in [5, 5.41) is 6.56. The van der Waals surface area contributed by atoms with Crippen LogP contribution in [0.25, 0.3) is 0 Å². The van der Waals surface area contributed by atoms with Crippen molar-refractivity contribution in [2.24, 2.45) is 11.3 Å². The van der Waals surface area contributed by atoms with Gasteiger partial charge in [0.25, 0.3) is 0 Å². The molecule has 3 atom stereocenters. The lowest BCUT2D eigenvalue weighted by Crippen LogP contribution is -2.43. The van der Waals surface area contributed by atoms with Crippen LogP contribution in [0.2, 0.25) is 0 Å². The first kappa shape index (κ1) is 25.9. The Bertz CT molecular complexity index is 507.